The molecule has 0 aliphatic rings. The third-order valence-electron chi connectivity index (χ3n) is 13.9. The van der Waals surface area contributed by atoms with Gasteiger partial charge in [-0.05, 0) is 62.3 Å². The number of carbonyl (C=O) groups excluding carboxylic acids is 8. The van der Waals surface area contributed by atoms with Gasteiger partial charge in [0.25, 0.3) is 0 Å². The summed E-state index contributed by atoms with van der Waals surface area (Å²) in [5.74, 6) is -0.249. The van der Waals surface area contributed by atoms with Crippen LogP contribution in [0.1, 0.15) is 179 Å². The van der Waals surface area contributed by atoms with Crippen molar-refractivity contribution in [3.8, 4) is 0 Å². The second kappa shape index (κ2) is 66.8. The van der Waals surface area contributed by atoms with E-state index in [1.807, 2.05) is 166 Å². The highest BCUT2D eigenvalue weighted by molar-refractivity contribution is 5.84. The monoisotopic (exact) mass is 1590 g/mol. The highest BCUT2D eigenvalue weighted by Gasteiger charge is 2.27. The Kier molecular flexibility index (Phi) is 67.9. The molecule has 0 spiro atoms. The molecule has 652 valence electrons. The van der Waals surface area contributed by atoms with Crippen LogP contribution in [0, 0.1) is 43.3 Å². The van der Waals surface area contributed by atoms with Gasteiger partial charge in [-0.2, -0.15) is 0 Å². The zero-order valence-electron chi connectivity index (χ0n) is 72.8. The second-order valence-corrected chi connectivity index (χ2v) is 33.3. The van der Waals surface area contributed by atoms with Crippen LogP contribution >= 0.6 is 0 Å². The first-order valence-corrected chi connectivity index (χ1v) is 38.9. The average Bonchev–Trinajstić information content (AvgIpc) is 0.979. The van der Waals surface area contributed by atoms with Crippen molar-refractivity contribution in [2.75, 3.05) is 251 Å². The number of ether oxygens (including phenoxy) is 19. The Morgan fingerprint density at radius 3 is 0.445 bits per heavy atom. The van der Waals surface area contributed by atoms with E-state index in [9.17, 15) is 38.4 Å². The SMILES string of the molecule is CC(C)(C)C(=O)CCOCCOCCOCCOCCC(=O)C(C)(C)C.CC(C)(C)C(=O)NCCOCCOCCOCCOCCNC(=O)C(C)(C)C.CC(C)(C)C(=O)NCCOCCOCCOCCOCCOC(=O)C(C)(C)C.CC(C)(C)C(=O)OCCOCCOCCOCCOCCOC(=O)C(C)(C)C. The van der Waals surface area contributed by atoms with Crippen LogP contribution in [0.15, 0.2) is 0 Å². The van der Waals surface area contributed by atoms with E-state index in [4.69, 9.17) is 90.0 Å². The van der Waals surface area contributed by atoms with E-state index >= 15 is 0 Å². The summed E-state index contributed by atoms with van der Waals surface area (Å²) in [6, 6.07) is 0. The fourth-order valence-corrected chi connectivity index (χ4v) is 6.86. The predicted octanol–water partition coefficient (Wildman–Crippen LogP) is 8.48. The molecule has 0 bridgehead atoms. The van der Waals surface area contributed by atoms with E-state index in [1.54, 1.807) is 0 Å². The Morgan fingerprint density at radius 1 is 0.173 bits per heavy atom. The standard InChI is InChI=1S/C20H40N2O6.C20H39NO7.C20H38O8.C20H38O6/c1-19(2,3)17(23)21-7-9-25-11-13-27-15-16-28-14-12-26-10-8-22-18(24)20(4,5)6;1-19(2,3)17(22)21-7-8-24-9-10-25-11-12-26-13-14-27-15-16-28-18(23)20(4,5)6;1-19(2,3)17(21)27-15-13-25-11-9-23-7-8-24-10-12-26-14-16-28-18(22)20(4,5)6;1-19(2,3)17(21)7-9-23-11-13-25-15-16-26-14-12-24-10-8-18(22)20(4,5)6/h7-16H2,1-6H3,(H,21,23)(H,22,24);7-16H2,1-6H3,(H,21,22);7-16H2,1-6H3;7-16H2,1-6H3. The number of ketones is 2. The van der Waals surface area contributed by atoms with Gasteiger partial charge in [0.1, 0.15) is 31.4 Å². The van der Waals surface area contributed by atoms with Crippen molar-refractivity contribution in [3.05, 3.63) is 0 Å². The summed E-state index contributed by atoms with van der Waals surface area (Å²) >= 11 is 0. The van der Waals surface area contributed by atoms with Crippen LogP contribution in [0.4, 0.5) is 0 Å². The number of hydrogen-bond donors (Lipinski definition) is 3. The van der Waals surface area contributed by atoms with E-state index in [0.717, 1.165) is 0 Å². The lowest BCUT2D eigenvalue weighted by molar-refractivity contribution is -0.155. The molecule has 0 radical (unpaired) electrons. The van der Waals surface area contributed by atoms with Gasteiger partial charge in [0.05, 0.1) is 228 Å². The van der Waals surface area contributed by atoms with Crippen molar-refractivity contribution in [2.45, 2.75) is 179 Å². The highest BCUT2D eigenvalue weighted by atomic mass is 16.6. The molecule has 110 heavy (non-hydrogen) atoms. The Labute approximate surface area is 662 Å². The van der Waals surface area contributed by atoms with Gasteiger partial charge < -0.3 is 106 Å². The van der Waals surface area contributed by atoms with E-state index in [-0.39, 0.29) is 94.1 Å². The van der Waals surface area contributed by atoms with Gasteiger partial charge >= 0.3 is 17.9 Å². The Bertz CT molecular complexity index is 1960. The number of amides is 3. The molecular formula is C80H155N3O27. The molecule has 0 unspecified atom stereocenters. The maximum Gasteiger partial charge on any atom is 0.311 e. The number of esters is 3. The number of rotatable bonds is 60. The second-order valence-electron chi connectivity index (χ2n) is 33.3. The summed E-state index contributed by atoms with van der Waals surface area (Å²) in [5.41, 5.74) is -3.22. The van der Waals surface area contributed by atoms with Crippen LogP contribution in [0.25, 0.3) is 0 Å². The molecule has 3 amide bonds. The summed E-state index contributed by atoms with van der Waals surface area (Å²) in [7, 11) is 0. The quantitative estimate of drug-likeness (QED) is 0.0292. The van der Waals surface area contributed by atoms with Crippen LogP contribution in [0.5, 0.6) is 0 Å². The lowest BCUT2D eigenvalue weighted by atomic mass is 9.89. The third kappa shape index (κ3) is 78.8. The minimum atomic E-state index is -0.493. The average molecular weight is 1590 g/mol. The third-order valence-corrected chi connectivity index (χ3v) is 13.9. The van der Waals surface area contributed by atoms with Gasteiger partial charge in [0.15, 0.2) is 0 Å². The Hall–Kier alpha value is -4.48. The van der Waals surface area contributed by atoms with Crippen LogP contribution in [0.3, 0.4) is 0 Å². The molecule has 0 aromatic heterocycles. The first-order chi connectivity index (χ1) is 51.2. The van der Waals surface area contributed by atoms with Crippen LogP contribution in [-0.2, 0) is 128 Å². The zero-order chi connectivity index (χ0) is 84.5. The van der Waals surface area contributed by atoms with Crippen molar-refractivity contribution in [1.29, 1.82) is 0 Å². The topological polar surface area (TPSA) is 348 Å². The normalized spacial score (nSPS) is 12.1. The maximum atomic E-state index is 11.7. The minimum absolute atomic E-state index is 0.0133. The van der Waals surface area contributed by atoms with Gasteiger partial charge in [-0.15, -0.1) is 0 Å². The van der Waals surface area contributed by atoms with Crippen molar-refractivity contribution in [3.63, 3.8) is 0 Å². The maximum absolute atomic E-state index is 11.7. The molecule has 3 N–H and O–H groups in total. The summed E-state index contributed by atoms with van der Waals surface area (Å²) in [6.07, 6.45) is 0.877. The van der Waals surface area contributed by atoms with E-state index in [0.29, 0.717) is 244 Å². The smallest absolute Gasteiger partial charge is 0.311 e. The lowest BCUT2D eigenvalue weighted by Crippen LogP contribution is -2.36. The lowest BCUT2D eigenvalue weighted by Gasteiger charge is -2.17. The molecule has 0 aromatic carbocycles. The summed E-state index contributed by atoms with van der Waals surface area (Å²) in [4.78, 5) is 92.8. The highest BCUT2D eigenvalue weighted by Crippen LogP contribution is 2.20. The molecule has 30 nitrogen and oxygen atoms in total. The first-order valence-electron chi connectivity index (χ1n) is 38.9. The van der Waals surface area contributed by atoms with Crippen LogP contribution in [0.2, 0.25) is 0 Å². The van der Waals surface area contributed by atoms with E-state index in [2.05, 4.69) is 16.0 Å². The Morgan fingerprint density at radius 2 is 0.309 bits per heavy atom. The Balaban J connectivity index is -0.000000681. The van der Waals surface area contributed by atoms with Crippen molar-refractivity contribution >= 4 is 47.2 Å². The van der Waals surface area contributed by atoms with Gasteiger partial charge in [-0.1, -0.05) is 104 Å². The molecule has 0 atom stereocenters. The number of carbonyl (C=O) groups is 8. The molecule has 30 heteroatoms. The molecule has 0 saturated heterocycles. The number of hydrogen-bond acceptors (Lipinski definition) is 27. The summed E-state index contributed by atoms with van der Waals surface area (Å²) in [5, 5.41) is 8.46. The van der Waals surface area contributed by atoms with Gasteiger partial charge in [-0.3, -0.25) is 38.4 Å². The van der Waals surface area contributed by atoms with Crippen molar-refractivity contribution in [2.24, 2.45) is 43.3 Å². The summed E-state index contributed by atoms with van der Waals surface area (Å²) in [6.45, 7) is 61.5. The number of nitrogens with one attached hydrogen (secondary N) is 3. The molecule has 0 aromatic rings. The summed E-state index contributed by atoms with van der Waals surface area (Å²) < 4.78 is 101. The van der Waals surface area contributed by atoms with Gasteiger partial charge in [0.2, 0.25) is 17.7 Å². The largest absolute Gasteiger partial charge is 0.463 e. The zero-order valence-corrected chi connectivity index (χ0v) is 72.8. The molecule has 0 fully saturated rings. The molecule has 0 heterocycles. The van der Waals surface area contributed by atoms with Crippen molar-refractivity contribution in [1.82, 2.24) is 16.0 Å². The van der Waals surface area contributed by atoms with Crippen LogP contribution in [-0.4, -0.2) is 298 Å². The van der Waals surface area contributed by atoms with Gasteiger partial charge in [-0.25, -0.2) is 0 Å². The molecule has 0 aliphatic carbocycles. The fraction of sp³-hybridized carbons (Fsp3) is 0.900. The van der Waals surface area contributed by atoms with Crippen LogP contribution < -0.4 is 16.0 Å². The fourth-order valence-electron chi connectivity index (χ4n) is 6.86. The minimum Gasteiger partial charge on any atom is -0.463 e. The number of Topliss-reactive ketones (excluding diaryl/α,β-unsaturated/α-hetero) is 2. The van der Waals surface area contributed by atoms with E-state index < -0.39 is 16.2 Å². The van der Waals surface area contributed by atoms with E-state index in [1.165, 1.54) is 0 Å². The molecule has 0 saturated carbocycles. The first kappa shape index (κ1) is 112. The van der Waals surface area contributed by atoms with Crippen molar-refractivity contribution < 1.29 is 128 Å². The molecule has 0 aliphatic heterocycles. The van der Waals surface area contributed by atoms with Gasteiger partial charge in [0, 0.05) is 59.6 Å². The molecule has 0 rings (SSSR count). The predicted molar refractivity (Wildman–Crippen MR) is 420 cm³/mol. The molecular weight excluding hydrogens is 1430 g/mol.